The number of hydrogen-bond donors (Lipinski definition) is 1. The molecule has 0 radical (unpaired) electrons. The highest BCUT2D eigenvalue weighted by Gasteiger charge is 2.28. The maximum absolute atomic E-state index is 11.7. The van der Waals surface area contributed by atoms with Gasteiger partial charge in [0.2, 0.25) is 0 Å². The molecule has 2 unspecified atom stereocenters. The van der Waals surface area contributed by atoms with Gasteiger partial charge in [0.1, 0.15) is 11.6 Å². The maximum Gasteiger partial charge on any atom is 0.335 e. The van der Waals surface area contributed by atoms with E-state index in [-0.39, 0.29) is 5.56 Å². The molecule has 6 nitrogen and oxygen atoms in total. The molecule has 1 saturated carbocycles. The summed E-state index contributed by atoms with van der Waals surface area (Å²) in [5, 5.41) is 11.3. The van der Waals surface area contributed by atoms with Crippen LogP contribution in [0.3, 0.4) is 0 Å². The number of benzene rings is 4. The van der Waals surface area contributed by atoms with Gasteiger partial charge in [0.15, 0.2) is 0 Å². The average molecular weight is 602 g/mol. The lowest BCUT2D eigenvalue weighted by Gasteiger charge is -2.31. The average Bonchev–Trinajstić information content (AvgIpc) is 3.43. The molecule has 44 heavy (non-hydrogen) atoms. The molecule has 0 aliphatic heterocycles. The third kappa shape index (κ3) is 5.09. The summed E-state index contributed by atoms with van der Waals surface area (Å²) in [4.78, 5) is 21.9. The Hall–Kier alpha value is -4.68. The Morgan fingerprint density at radius 1 is 0.841 bits per heavy atom. The highest BCUT2D eigenvalue weighted by molar-refractivity contribution is 6.30. The standard InChI is InChI=1S/C37H32ClN3O3/c1-22-5-3-4-6-34(22)41-35-18-11-26(37(42)43)20-33(35)40-36(41)25-10-16-31-24(19-25)9-17-32(39-31)30-21-28(44-2)14-15-29(30)23-7-12-27(38)13-8-23/h7-22,34H,3-6H2,1-2H3,(H,42,43). The van der Waals surface area contributed by atoms with E-state index < -0.39 is 5.97 Å². The number of nitrogens with zero attached hydrogens (tertiary/aromatic N) is 3. The predicted molar refractivity (Wildman–Crippen MR) is 177 cm³/mol. The molecule has 0 amide bonds. The Morgan fingerprint density at radius 3 is 2.41 bits per heavy atom. The molecule has 1 fully saturated rings. The summed E-state index contributed by atoms with van der Waals surface area (Å²) < 4.78 is 7.91. The van der Waals surface area contributed by atoms with Crippen LogP contribution < -0.4 is 4.74 Å². The van der Waals surface area contributed by atoms with Crippen LogP contribution in [0.4, 0.5) is 0 Å². The van der Waals surface area contributed by atoms with Gasteiger partial charge in [0, 0.05) is 27.6 Å². The van der Waals surface area contributed by atoms with Crippen LogP contribution in [0.15, 0.2) is 91.0 Å². The molecule has 1 aliphatic rings. The van der Waals surface area contributed by atoms with E-state index >= 15 is 0 Å². The molecule has 1 aliphatic carbocycles. The first-order valence-corrected chi connectivity index (χ1v) is 15.4. The van der Waals surface area contributed by atoms with Crippen molar-refractivity contribution in [3.8, 4) is 39.5 Å². The third-order valence-corrected chi connectivity index (χ3v) is 9.19. The molecule has 1 N–H and O–H groups in total. The van der Waals surface area contributed by atoms with Gasteiger partial charge in [-0.1, -0.05) is 55.6 Å². The Morgan fingerprint density at radius 2 is 1.64 bits per heavy atom. The monoisotopic (exact) mass is 601 g/mol. The number of carboxylic acids is 1. The van der Waals surface area contributed by atoms with Crippen molar-refractivity contribution in [2.24, 2.45) is 5.92 Å². The van der Waals surface area contributed by atoms with Crippen molar-refractivity contribution in [3.63, 3.8) is 0 Å². The van der Waals surface area contributed by atoms with E-state index in [1.807, 2.05) is 54.6 Å². The summed E-state index contributed by atoms with van der Waals surface area (Å²) in [6.07, 6.45) is 4.66. The van der Waals surface area contributed by atoms with Crippen molar-refractivity contribution >= 4 is 39.5 Å². The molecule has 0 bridgehead atoms. The smallest absolute Gasteiger partial charge is 0.335 e. The fourth-order valence-corrected chi connectivity index (χ4v) is 6.74. The molecular weight excluding hydrogens is 570 g/mol. The van der Waals surface area contributed by atoms with Gasteiger partial charge in [-0.3, -0.25) is 0 Å². The van der Waals surface area contributed by atoms with Gasteiger partial charge in [-0.25, -0.2) is 14.8 Å². The second kappa shape index (κ2) is 11.4. The van der Waals surface area contributed by atoms with Crippen molar-refractivity contribution in [1.82, 2.24) is 14.5 Å². The Labute approximate surface area is 260 Å². The van der Waals surface area contributed by atoms with Gasteiger partial charge < -0.3 is 14.4 Å². The van der Waals surface area contributed by atoms with Crippen molar-refractivity contribution in [2.45, 2.75) is 38.6 Å². The molecule has 7 heteroatoms. The fraction of sp³-hybridized carbons (Fsp3) is 0.216. The Balaban J connectivity index is 1.34. The van der Waals surface area contributed by atoms with E-state index in [4.69, 9.17) is 26.3 Å². The first-order valence-electron chi connectivity index (χ1n) is 15.0. The first kappa shape index (κ1) is 28.1. The number of pyridine rings is 1. The highest BCUT2D eigenvalue weighted by atomic mass is 35.5. The molecule has 2 aromatic heterocycles. The normalized spacial score (nSPS) is 16.8. The van der Waals surface area contributed by atoms with Gasteiger partial charge in [-0.05, 0) is 96.6 Å². The molecule has 4 aromatic carbocycles. The number of ether oxygens (including phenoxy) is 1. The van der Waals surface area contributed by atoms with E-state index in [1.54, 1.807) is 19.2 Å². The first-order chi connectivity index (χ1) is 21.4. The van der Waals surface area contributed by atoms with E-state index in [0.717, 1.165) is 62.4 Å². The van der Waals surface area contributed by atoms with E-state index in [2.05, 4.69) is 35.8 Å². The van der Waals surface area contributed by atoms with Gasteiger partial charge in [0.05, 0.1) is 34.9 Å². The fourth-order valence-electron chi connectivity index (χ4n) is 6.61. The molecule has 2 heterocycles. The van der Waals surface area contributed by atoms with Crippen LogP contribution in [0, 0.1) is 5.92 Å². The quantitative estimate of drug-likeness (QED) is 0.206. The van der Waals surface area contributed by atoms with Gasteiger partial charge in [-0.15, -0.1) is 0 Å². The number of halogens is 1. The van der Waals surface area contributed by atoms with Crippen LogP contribution in [0.2, 0.25) is 5.02 Å². The van der Waals surface area contributed by atoms with Crippen LogP contribution >= 0.6 is 11.6 Å². The minimum Gasteiger partial charge on any atom is -0.497 e. The lowest BCUT2D eigenvalue weighted by Crippen LogP contribution is -2.21. The van der Waals surface area contributed by atoms with Gasteiger partial charge in [0.25, 0.3) is 0 Å². The summed E-state index contributed by atoms with van der Waals surface area (Å²) in [6, 6.07) is 29.8. The maximum atomic E-state index is 11.7. The Bertz CT molecular complexity index is 2030. The number of carboxylic acid groups (broad SMARTS) is 1. The molecule has 0 spiro atoms. The number of methoxy groups -OCH3 is 1. The lowest BCUT2D eigenvalue weighted by molar-refractivity contribution is 0.0697. The summed E-state index contributed by atoms with van der Waals surface area (Å²) >= 11 is 6.17. The Kier molecular flexibility index (Phi) is 7.31. The minimum absolute atomic E-state index is 0.246. The number of aromatic carboxylic acids is 1. The molecule has 7 rings (SSSR count). The van der Waals surface area contributed by atoms with Crippen LogP contribution in [-0.4, -0.2) is 32.7 Å². The number of carbonyl (C=O) groups is 1. The lowest BCUT2D eigenvalue weighted by atomic mass is 9.85. The van der Waals surface area contributed by atoms with Crippen LogP contribution in [0.5, 0.6) is 5.75 Å². The van der Waals surface area contributed by atoms with E-state index in [1.165, 1.54) is 19.3 Å². The summed E-state index contributed by atoms with van der Waals surface area (Å²) in [5.74, 6) is 1.18. The number of hydrogen-bond acceptors (Lipinski definition) is 4. The SMILES string of the molecule is COc1ccc(-c2ccc(Cl)cc2)c(-c2ccc3cc(-c4nc5cc(C(=O)O)ccc5n4C4CCCCC4C)ccc3n2)c1. The molecular formula is C37H32ClN3O3. The third-order valence-electron chi connectivity index (χ3n) is 8.94. The second-order valence-electron chi connectivity index (χ2n) is 11.7. The van der Waals surface area contributed by atoms with Crippen molar-refractivity contribution in [2.75, 3.05) is 7.11 Å². The van der Waals surface area contributed by atoms with Gasteiger partial charge in [-0.2, -0.15) is 0 Å². The van der Waals surface area contributed by atoms with E-state index in [0.29, 0.717) is 22.5 Å². The molecule has 0 saturated heterocycles. The molecule has 6 aromatic rings. The minimum atomic E-state index is -0.947. The molecule has 2 atom stereocenters. The second-order valence-corrected chi connectivity index (χ2v) is 12.1. The van der Waals surface area contributed by atoms with Crippen molar-refractivity contribution in [3.05, 3.63) is 102 Å². The zero-order valence-electron chi connectivity index (χ0n) is 24.6. The number of fused-ring (bicyclic) bond motifs is 2. The summed E-state index contributed by atoms with van der Waals surface area (Å²) in [5.41, 5.74) is 7.70. The number of imidazole rings is 1. The topological polar surface area (TPSA) is 77.2 Å². The van der Waals surface area contributed by atoms with Crippen LogP contribution in [0.25, 0.3) is 55.7 Å². The molecule has 220 valence electrons. The zero-order valence-corrected chi connectivity index (χ0v) is 25.4. The summed E-state index contributed by atoms with van der Waals surface area (Å²) in [7, 11) is 1.67. The summed E-state index contributed by atoms with van der Waals surface area (Å²) in [6.45, 7) is 2.31. The van der Waals surface area contributed by atoms with Crippen LogP contribution in [-0.2, 0) is 0 Å². The predicted octanol–water partition coefficient (Wildman–Crippen LogP) is 9.70. The zero-order chi connectivity index (χ0) is 30.4. The van der Waals surface area contributed by atoms with Crippen LogP contribution in [0.1, 0.15) is 49.0 Å². The number of aromatic nitrogens is 3. The largest absolute Gasteiger partial charge is 0.497 e. The number of rotatable bonds is 6. The van der Waals surface area contributed by atoms with Crippen molar-refractivity contribution in [1.29, 1.82) is 0 Å². The van der Waals surface area contributed by atoms with Crippen molar-refractivity contribution < 1.29 is 14.6 Å². The van der Waals surface area contributed by atoms with E-state index in [9.17, 15) is 9.90 Å². The van der Waals surface area contributed by atoms with Gasteiger partial charge >= 0.3 is 5.97 Å². The highest BCUT2D eigenvalue weighted by Crippen LogP contribution is 2.40.